The summed E-state index contributed by atoms with van der Waals surface area (Å²) in [7, 11) is 0. The van der Waals surface area contributed by atoms with Gasteiger partial charge in [-0.05, 0) is 19.4 Å². The maximum Gasteiger partial charge on any atom is 0.306 e. The van der Waals surface area contributed by atoms with Gasteiger partial charge in [0.1, 0.15) is 0 Å². The van der Waals surface area contributed by atoms with E-state index < -0.39 is 0 Å². The Hall–Kier alpha value is -1.10. The normalized spacial score (nSPS) is 12.2. The van der Waals surface area contributed by atoms with Crippen molar-refractivity contribution in [2.45, 2.75) is 37.6 Å². The van der Waals surface area contributed by atoms with Gasteiger partial charge in [0.25, 0.3) is 0 Å². The molecule has 88 valence electrons. The van der Waals surface area contributed by atoms with Crippen LogP contribution in [0.5, 0.6) is 0 Å². The molecule has 0 bridgehead atoms. The number of thioether (sulfide) groups is 1. The van der Waals surface area contributed by atoms with E-state index in [1.54, 1.807) is 19.3 Å². The van der Waals surface area contributed by atoms with Crippen molar-refractivity contribution in [2.24, 2.45) is 0 Å². The molecule has 0 N–H and O–H groups in total. The molecule has 1 heterocycles. The minimum absolute atomic E-state index is 0.127. The average Bonchev–Trinajstić information content (AvgIpc) is 2.21. The molecule has 0 aliphatic rings. The smallest absolute Gasteiger partial charge is 0.306 e. The van der Waals surface area contributed by atoms with Crippen LogP contribution < -0.4 is 0 Å². The van der Waals surface area contributed by atoms with Crippen LogP contribution in [0, 0.1) is 6.92 Å². The maximum atomic E-state index is 11.2. The zero-order valence-electron chi connectivity index (χ0n) is 9.77. The molecule has 1 aromatic rings. The van der Waals surface area contributed by atoms with Crippen molar-refractivity contribution >= 4 is 17.7 Å². The molecule has 1 atom stereocenters. The molecule has 0 radical (unpaired) electrons. The van der Waals surface area contributed by atoms with Crippen molar-refractivity contribution in [3.8, 4) is 0 Å². The Balaban J connectivity index is 2.42. The van der Waals surface area contributed by atoms with E-state index in [0.29, 0.717) is 18.2 Å². The lowest BCUT2D eigenvalue weighted by molar-refractivity contribution is -0.142. The molecule has 1 rings (SSSR count). The number of aryl methyl sites for hydroxylation is 1. The molecular formula is C11H16N2O2S. The number of rotatable bonds is 5. The van der Waals surface area contributed by atoms with Crippen LogP contribution in [0.3, 0.4) is 0 Å². The van der Waals surface area contributed by atoms with Crippen molar-refractivity contribution in [1.82, 2.24) is 9.97 Å². The van der Waals surface area contributed by atoms with Gasteiger partial charge in [-0.2, -0.15) is 0 Å². The first-order valence-corrected chi connectivity index (χ1v) is 6.10. The van der Waals surface area contributed by atoms with E-state index in [4.69, 9.17) is 4.74 Å². The summed E-state index contributed by atoms with van der Waals surface area (Å²) in [5.74, 6) is -0.172. The number of ether oxygens (including phenoxy) is 1. The largest absolute Gasteiger partial charge is 0.466 e. The summed E-state index contributed by atoms with van der Waals surface area (Å²) in [6.45, 7) is 6.14. The second-order valence-corrected chi connectivity index (χ2v) is 4.89. The predicted octanol–water partition coefficient (Wildman–Crippen LogP) is 2.22. The van der Waals surface area contributed by atoms with Gasteiger partial charge in [0.15, 0.2) is 5.16 Å². The lowest BCUT2D eigenvalue weighted by Gasteiger charge is -2.08. The Morgan fingerprint density at radius 3 is 2.69 bits per heavy atom. The number of aromatic nitrogens is 2. The van der Waals surface area contributed by atoms with Crippen molar-refractivity contribution in [1.29, 1.82) is 0 Å². The number of esters is 1. The molecule has 5 heteroatoms. The van der Waals surface area contributed by atoms with Crippen LogP contribution in [0.25, 0.3) is 0 Å². The standard InChI is InChI=1S/C11H16N2O2S/c1-4-15-10(14)5-9(3)16-11-12-6-8(2)7-13-11/h6-7,9H,4-5H2,1-3H3. The number of hydrogen-bond donors (Lipinski definition) is 0. The topological polar surface area (TPSA) is 52.1 Å². The lowest BCUT2D eigenvalue weighted by Crippen LogP contribution is -2.11. The van der Waals surface area contributed by atoms with E-state index in [2.05, 4.69) is 9.97 Å². The first kappa shape index (κ1) is 13.0. The molecule has 0 aliphatic carbocycles. The highest BCUT2D eigenvalue weighted by atomic mass is 32.2. The van der Waals surface area contributed by atoms with E-state index in [-0.39, 0.29) is 11.2 Å². The Bertz CT molecular complexity index is 340. The predicted molar refractivity (Wildman–Crippen MR) is 63.3 cm³/mol. The quantitative estimate of drug-likeness (QED) is 0.449. The number of carbonyl (C=O) groups is 1. The van der Waals surface area contributed by atoms with E-state index in [1.807, 2.05) is 13.8 Å². The summed E-state index contributed by atoms with van der Waals surface area (Å²) in [5.41, 5.74) is 1.03. The number of nitrogens with zero attached hydrogens (tertiary/aromatic N) is 2. The molecule has 1 unspecified atom stereocenters. The van der Waals surface area contributed by atoms with Crippen molar-refractivity contribution in [3.63, 3.8) is 0 Å². The molecule has 0 amide bonds. The molecule has 0 spiro atoms. The third-order valence-corrected chi connectivity index (χ3v) is 2.81. The fourth-order valence-electron chi connectivity index (χ4n) is 1.12. The van der Waals surface area contributed by atoms with Crippen LogP contribution in [0.2, 0.25) is 0 Å². The first-order valence-electron chi connectivity index (χ1n) is 5.22. The third kappa shape index (κ3) is 4.61. The van der Waals surface area contributed by atoms with Gasteiger partial charge < -0.3 is 4.74 Å². The van der Waals surface area contributed by atoms with Gasteiger partial charge in [-0.15, -0.1) is 0 Å². The highest BCUT2D eigenvalue weighted by Gasteiger charge is 2.12. The minimum Gasteiger partial charge on any atom is -0.466 e. The third-order valence-electron chi connectivity index (χ3n) is 1.82. The average molecular weight is 240 g/mol. The SMILES string of the molecule is CCOC(=O)CC(C)Sc1ncc(C)cn1. The van der Waals surface area contributed by atoms with Gasteiger partial charge in [0, 0.05) is 17.6 Å². The number of carbonyl (C=O) groups excluding carboxylic acids is 1. The number of hydrogen-bond acceptors (Lipinski definition) is 5. The second-order valence-electron chi connectivity index (χ2n) is 3.48. The van der Waals surface area contributed by atoms with Gasteiger partial charge in [-0.1, -0.05) is 18.7 Å². The summed E-state index contributed by atoms with van der Waals surface area (Å²) < 4.78 is 4.88. The van der Waals surface area contributed by atoms with Crippen LogP contribution in [-0.2, 0) is 9.53 Å². The van der Waals surface area contributed by atoms with E-state index in [9.17, 15) is 4.79 Å². The van der Waals surface area contributed by atoms with E-state index in [0.717, 1.165) is 5.56 Å². The molecule has 0 saturated heterocycles. The van der Waals surface area contributed by atoms with Gasteiger partial charge in [-0.3, -0.25) is 4.79 Å². The zero-order chi connectivity index (χ0) is 12.0. The lowest BCUT2D eigenvalue weighted by atomic mass is 10.3. The van der Waals surface area contributed by atoms with Crippen LogP contribution in [0.1, 0.15) is 25.8 Å². The highest BCUT2D eigenvalue weighted by molar-refractivity contribution is 7.99. The van der Waals surface area contributed by atoms with Crippen molar-refractivity contribution < 1.29 is 9.53 Å². The van der Waals surface area contributed by atoms with Gasteiger partial charge in [0.05, 0.1) is 13.0 Å². The molecule has 0 saturated carbocycles. The van der Waals surface area contributed by atoms with Crippen LogP contribution in [-0.4, -0.2) is 27.8 Å². The van der Waals surface area contributed by atoms with Crippen molar-refractivity contribution in [2.75, 3.05) is 6.61 Å². The molecule has 16 heavy (non-hydrogen) atoms. The van der Waals surface area contributed by atoms with E-state index in [1.165, 1.54) is 11.8 Å². The molecule has 1 aromatic heterocycles. The van der Waals surface area contributed by atoms with Crippen LogP contribution in [0.15, 0.2) is 17.6 Å². The monoisotopic (exact) mass is 240 g/mol. The fourth-order valence-corrected chi connectivity index (χ4v) is 1.92. The van der Waals surface area contributed by atoms with Gasteiger partial charge >= 0.3 is 5.97 Å². The maximum absolute atomic E-state index is 11.2. The Morgan fingerprint density at radius 1 is 1.50 bits per heavy atom. The summed E-state index contributed by atoms with van der Waals surface area (Å²) in [6, 6.07) is 0. The fraction of sp³-hybridized carbons (Fsp3) is 0.545. The second kappa shape index (κ2) is 6.48. The summed E-state index contributed by atoms with van der Waals surface area (Å²) in [5, 5.41) is 0.823. The zero-order valence-corrected chi connectivity index (χ0v) is 10.6. The summed E-state index contributed by atoms with van der Waals surface area (Å²) in [4.78, 5) is 19.6. The minimum atomic E-state index is -0.172. The van der Waals surface area contributed by atoms with Crippen molar-refractivity contribution in [3.05, 3.63) is 18.0 Å². The molecular weight excluding hydrogens is 224 g/mol. The molecule has 4 nitrogen and oxygen atoms in total. The van der Waals surface area contributed by atoms with E-state index >= 15 is 0 Å². The van der Waals surface area contributed by atoms with Gasteiger partial charge in [-0.25, -0.2) is 9.97 Å². The summed E-state index contributed by atoms with van der Waals surface area (Å²) in [6.07, 6.45) is 3.93. The Labute approximate surface area is 99.8 Å². The van der Waals surface area contributed by atoms with Crippen LogP contribution in [0.4, 0.5) is 0 Å². The molecule has 0 aromatic carbocycles. The molecule has 0 aliphatic heterocycles. The highest BCUT2D eigenvalue weighted by Crippen LogP contribution is 2.21. The van der Waals surface area contributed by atoms with Crippen LogP contribution >= 0.6 is 11.8 Å². The van der Waals surface area contributed by atoms with Gasteiger partial charge in [0.2, 0.25) is 0 Å². The first-order chi connectivity index (χ1) is 7.61. The summed E-state index contributed by atoms with van der Waals surface area (Å²) >= 11 is 1.48. The Morgan fingerprint density at radius 2 is 2.12 bits per heavy atom. The Kier molecular flexibility index (Phi) is 5.25. The molecule has 0 fully saturated rings.